The van der Waals surface area contributed by atoms with Gasteiger partial charge in [0.1, 0.15) is 0 Å². The van der Waals surface area contributed by atoms with E-state index in [4.69, 9.17) is 0 Å². The average Bonchev–Trinajstić information content (AvgIpc) is 4.32. The summed E-state index contributed by atoms with van der Waals surface area (Å²) in [4.78, 5) is 2.89. The molecule has 0 aromatic heterocycles. The zero-order valence-electron chi connectivity index (χ0n) is 35.9. The van der Waals surface area contributed by atoms with Crippen LogP contribution in [0.5, 0.6) is 0 Å². The fraction of sp³-hybridized carbons (Fsp3) is 0.104. The first kappa shape index (κ1) is 25.2. The van der Waals surface area contributed by atoms with Gasteiger partial charge in [0.15, 0.2) is 0 Å². The smallest absolute Gasteiger partial charge is 0.0801 e. The average molecular weight is 832 g/mol. The Hall–Kier alpha value is -8.00. The van der Waals surface area contributed by atoms with Crippen molar-refractivity contribution in [3.63, 3.8) is 0 Å². The van der Waals surface area contributed by atoms with Crippen molar-refractivity contribution < 1.29 is 0 Å². The maximum Gasteiger partial charge on any atom is 0.0801 e. The van der Waals surface area contributed by atoms with Crippen LogP contribution < -0.4 is 0 Å². The maximum atomic E-state index is 2.89. The number of hydrogen-bond donors (Lipinski definition) is 0. The monoisotopic (exact) mass is 831 g/mol. The third-order valence-electron chi connectivity index (χ3n) is 25.7. The highest BCUT2D eigenvalue weighted by molar-refractivity contribution is 6.82. The van der Waals surface area contributed by atoms with Gasteiger partial charge in [-0.15, -0.1) is 0 Å². The highest BCUT2D eigenvalue weighted by Crippen LogP contribution is 2.88. The maximum absolute atomic E-state index is 2.89. The standard InChI is InChI=1S/C67H13N/c1-4-68(5-2)65-6(3)66-61-53-45-35-25-17-9-7-8-11-15-13(9)21-29-23(15)33-27-19(11)20-12(8)16-14-10(7)18(17)26-32-22(14)30-24(16)34-28(20)38-37(27)47-41(33)51-43(29)49(39(45)31(21)25)55(61)57(51)63-59(47)60-48(38)42(34)52-44(30)50-40(32)46(36(26)35)54(53)62(66)56(50)58(52)64(60)67(63,65)66/h4-5H2,1-3H3. The first-order chi connectivity index (χ1) is 33.8. The lowest BCUT2D eigenvalue weighted by Crippen LogP contribution is -2.64. The fourth-order valence-electron chi connectivity index (χ4n) is 25.7. The van der Waals surface area contributed by atoms with Crippen LogP contribution in [0.4, 0.5) is 0 Å². The molecule has 0 radical (unpaired) electrons. The molecule has 33 rings (SSSR count). The molecule has 28 aromatic rings. The van der Waals surface area contributed by atoms with Gasteiger partial charge >= 0.3 is 0 Å². The molecule has 0 N–H and O–H groups in total. The van der Waals surface area contributed by atoms with E-state index >= 15 is 0 Å². The van der Waals surface area contributed by atoms with E-state index in [2.05, 4.69) is 25.7 Å². The number of likely N-dealkylation sites (N-methyl/N-ethyl adjacent to an activating group) is 1. The Morgan fingerprint density at radius 2 is 0.338 bits per heavy atom. The Kier molecular flexibility index (Phi) is 2.06. The van der Waals surface area contributed by atoms with Crippen molar-refractivity contribution in [2.75, 3.05) is 13.1 Å². The van der Waals surface area contributed by atoms with Gasteiger partial charge in [0.05, 0.1) is 10.8 Å². The molecule has 5 aliphatic carbocycles. The first-order valence-corrected chi connectivity index (χ1v) is 26.0. The summed E-state index contributed by atoms with van der Waals surface area (Å²) in [6.45, 7) is 9.72. The van der Waals surface area contributed by atoms with Crippen LogP contribution in [-0.2, 0) is 10.8 Å². The van der Waals surface area contributed by atoms with Crippen LogP contribution in [-0.4, -0.2) is 18.0 Å². The van der Waals surface area contributed by atoms with Gasteiger partial charge in [-0.3, -0.25) is 0 Å². The van der Waals surface area contributed by atoms with E-state index in [9.17, 15) is 0 Å². The molecule has 1 heteroatoms. The Balaban J connectivity index is 1.23. The van der Waals surface area contributed by atoms with Crippen LogP contribution >= 0.6 is 0 Å². The molecule has 28 aromatic carbocycles. The van der Waals surface area contributed by atoms with Crippen molar-refractivity contribution in [3.8, 4) is 0 Å². The molecule has 0 aliphatic heterocycles. The van der Waals surface area contributed by atoms with E-state index in [1.807, 2.05) is 0 Å². The molecule has 0 atom stereocenters. The summed E-state index contributed by atoms with van der Waals surface area (Å²) in [6, 6.07) is 0. The summed E-state index contributed by atoms with van der Waals surface area (Å²) < 4.78 is 0. The van der Waals surface area contributed by atoms with Crippen molar-refractivity contribution in [2.45, 2.75) is 31.6 Å². The zero-order chi connectivity index (χ0) is 40.6. The summed E-state index contributed by atoms with van der Waals surface area (Å²) in [6.07, 6.45) is 0. The molecule has 0 heterocycles. The summed E-state index contributed by atoms with van der Waals surface area (Å²) in [5.74, 6) is 0. The van der Waals surface area contributed by atoms with E-state index in [0.29, 0.717) is 0 Å². The highest BCUT2D eigenvalue weighted by atomic mass is 15.2. The number of rotatable bonds is 3. The molecule has 0 saturated heterocycles. The van der Waals surface area contributed by atoms with Crippen LogP contribution in [0, 0.1) is 0 Å². The van der Waals surface area contributed by atoms with Crippen molar-refractivity contribution in [3.05, 3.63) is 33.5 Å². The van der Waals surface area contributed by atoms with Crippen molar-refractivity contribution in [1.82, 2.24) is 4.90 Å². The van der Waals surface area contributed by atoms with E-state index in [1.165, 1.54) is 0 Å². The molecule has 1 nitrogen and oxygen atoms in total. The van der Waals surface area contributed by atoms with Crippen LogP contribution in [0.15, 0.2) is 11.3 Å². The van der Waals surface area contributed by atoms with Crippen LogP contribution in [0.1, 0.15) is 43.0 Å². The van der Waals surface area contributed by atoms with Gasteiger partial charge in [0.25, 0.3) is 0 Å². The third kappa shape index (κ3) is 1.25. The van der Waals surface area contributed by atoms with Crippen LogP contribution in [0.2, 0.25) is 0 Å². The molecular weight excluding hydrogens is 819 g/mol. The Labute approximate surface area is 372 Å². The minimum absolute atomic E-state index is 0.226. The summed E-state index contributed by atoms with van der Waals surface area (Å²) >= 11 is 0. The van der Waals surface area contributed by atoms with Gasteiger partial charge in [-0.2, -0.15) is 0 Å². The highest BCUT2D eigenvalue weighted by Gasteiger charge is 2.77. The second-order valence-electron chi connectivity index (χ2n) is 25.4. The fourth-order valence-corrected chi connectivity index (χ4v) is 25.7. The molecule has 0 unspecified atom stereocenters. The Morgan fingerprint density at radius 3 is 0.485 bits per heavy atom. The lowest BCUT2D eigenvalue weighted by atomic mass is 9.38. The van der Waals surface area contributed by atoms with Gasteiger partial charge in [0, 0.05) is 18.8 Å². The molecule has 0 bridgehead atoms. The molecule has 0 amide bonds. The number of nitrogens with zero attached hydrogens (tertiary/aromatic N) is 1. The molecule has 5 aliphatic rings. The van der Waals surface area contributed by atoms with Gasteiger partial charge < -0.3 is 4.90 Å². The molecule has 0 fully saturated rings. The zero-order valence-corrected chi connectivity index (χ0v) is 35.9. The summed E-state index contributed by atoms with van der Waals surface area (Å²) in [7, 11) is 0. The second-order valence-corrected chi connectivity index (χ2v) is 25.4. The van der Waals surface area contributed by atoms with Crippen molar-refractivity contribution in [2.24, 2.45) is 0 Å². The predicted octanol–water partition coefficient (Wildman–Crippen LogP) is 17.9. The van der Waals surface area contributed by atoms with E-state index in [-0.39, 0.29) is 10.8 Å². The van der Waals surface area contributed by atoms with E-state index < -0.39 is 0 Å². The normalized spacial score (nSPS) is 22.8. The van der Waals surface area contributed by atoms with Crippen LogP contribution in [0.3, 0.4) is 0 Å². The van der Waals surface area contributed by atoms with Crippen LogP contribution in [0.25, 0.3) is 291 Å². The van der Waals surface area contributed by atoms with E-state index in [0.717, 1.165) is 13.1 Å². The first-order valence-electron chi connectivity index (χ1n) is 26.0. The van der Waals surface area contributed by atoms with Crippen molar-refractivity contribution >= 4 is 291 Å². The molecule has 68 heavy (non-hydrogen) atoms. The van der Waals surface area contributed by atoms with Gasteiger partial charge in [-0.05, 0) is 339 Å². The van der Waals surface area contributed by atoms with Gasteiger partial charge in [-0.25, -0.2) is 0 Å². The second kappa shape index (κ2) is 5.56. The third-order valence-corrected chi connectivity index (χ3v) is 25.7. The number of allylic oxidation sites excluding steroid dienone is 2. The minimum atomic E-state index is -0.255. The number of hydrogen-bond acceptors (Lipinski definition) is 1. The summed E-state index contributed by atoms with van der Waals surface area (Å²) in [5, 5.41) is 90.9. The minimum Gasteiger partial charge on any atom is -0.374 e. The molecule has 2 spiro atoms. The van der Waals surface area contributed by atoms with E-state index in [1.54, 1.807) is 324 Å². The SMILES string of the molecule is CCN(CC)C1=C(C)C23c4c5c6c7c8c9c(c%10c%11c2c2c4c4c%12c5c5c6c6c8c8c%13c9c9c%10c%10c%11c%11c2c2c4c4c%12c%12c5c5c6c8c6c8c%13c9c9c%10c%10c%11c2c2c4c4c%12c5c6c5c8c9c%10c2c45)C173. The van der Waals surface area contributed by atoms with Gasteiger partial charge in [0.2, 0.25) is 0 Å². The largest absolute Gasteiger partial charge is 0.374 e. The Bertz CT molecular complexity index is 6990. The molecular formula is C67H13N. The summed E-state index contributed by atoms with van der Waals surface area (Å²) in [5.41, 5.74) is 10.0. The lowest BCUT2D eigenvalue weighted by Gasteiger charge is -2.65. The molecule has 286 valence electrons. The number of benzene rings is 18. The predicted molar refractivity (Wildman–Crippen MR) is 289 cm³/mol. The molecule has 0 saturated carbocycles. The quantitative estimate of drug-likeness (QED) is 0.160. The van der Waals surface area contributed by atoms with Crippen molar-refractivity contribution in [1.29, 1.82) is 0 Å². The Morgan fingerprint density at radius 1 is 0.206 bits per heavy atom. The topological polar surface area (TPSA) is 3.24 Å². The van der Waals surface area contributed by atoms with Gasteiger partial charge in [-0.1, -0.05) is 0 Å². The lowest BCUT2D eigenvalue weighted by molar-refractivity contribution is 0.225.